The molecule has 8 nitrogen and oxygen atoms in total. The van der Waals surface area contributed by atoms with Gasteiger partial charge in [-0.3, -0.25) is 9.48 Å². The number of carbonyl (C=O) groups is 2. The van der Waals surface area contributed by atoms with Crippen LogP contribution >= 0.6 is 11.6 Å². The number of amides is 1. The van der Waals surface area contributed by atoms with Gasteiger partial charge in [-0.25, -0.2) is 4.79 Å². The first-order valence-corrected chi connectivity index (χ1v) is 8.91. The molecule has 9 heteroatoms. The second-order valence-electron chi connectivity index (χ2n) is 6.24. The number of carbonyl (C=O) groups excluding carboxylic acids is 1. The molecule has 0 radical (unpaired) electrons. The zero-order valence-electron chi connectivity index (χ0n) is 14.8. The zero-order valence-corrected chi connectivity index (χ0v) is 15.5. The summed E-state index contributed by atoms with van der Waals surface area (Å²) < 4.78 is 12.2. The Morgan fingerprint density at radius 1 is 1.37 bits per heavy atom. The zero-order chi connectivity index (χ0) is 19.4. The second-order valence-corrected chi connectivity index (χ2v) is 6.65. The van der Waals surface area contributed by atoms with E-state index in [1.165, 1.54) is 12.1 Å². The normalized spacial score (nSPS) is 14.7. The van der Waals surface area contributed by atoms with Crippen LogP contribution < -0.4 is 10.1 Å². The van der Waals surface area contributed by atoms with Crippen molar-refractivity contribution in [3.8, 4) is 5.75 Å². The van der Waals surface area contributed by atoms with Crippen LogP contribution in [-0.2, 0) is 9.53 Å². The van der Waals surface area contributed by atoms with Crippen molar-refractivity contribution in [3.63, 3.8) is 0 Å². The van der Waals surface area contributed by atoms with E-state index in [2.05, 4.69) is 10.4 Å². The van der Waals surface area contributed by atoms with Gasteiger partial charge in [-0.1, -0.05) is 11.6 Å². The first-order valence-electron chi connectivity index (χ1n) is 8.53. The van der Waals surface area contributed by atoms with Gasteiger partial charge in [0.05, 0.1) is 16.8 Å². The lowest BCUT2D eigenvalue weighted by Crippen LogP contribution is -2.25. The number of anilines is 1. The number of nitrogens with one attached hydrogen (secondary N) is 1. The van der Waals surface area contributed by atoms with E-state index < -0.39 is 12.6 Å². The summed E-state index contributed by atoms with van der Waals surface area (Å²) in [5.41, 5.74) is 1.72. The van der Waals surface area contributed by atoms with Crippen LogP contribution in [0.15, 0.2) is 24.3 Å². The molecular weight excluding hydrogens is 374 g/mol. The lowest BCUT2D eigenvalue weighted by atomic mass is 10.1. The average molecular weight is 394 g/mol. The molecule has 2 heterocycles. The number of hydrogen-bond acceptors (Lipinski definition) is 5. The van der Waals surface area contributed by atoms with Crippen molar-refractivity contribution in [2.24, 2.45) is 0 Å². The van der Waals surface area contributed by atoms with Gasteiger partial charge in [0.1, 0.15) is 11.4 Å². The topological polar surface area (TPSA) is 103 Å². The lowest BCUT2D eigenvalue weighted by Gasteiger charge is -2.24. The van der Waals surface area contributed by atoms with Gasteiger partial charge in [-0.2, -0.15) is 5.10 Å². The molecule has 2 aromatic rings. The van der Waals surface area contributed by atoms with Gasteiger partial charge in [0, 0.05) is 18.9 Å². The third-order valence-electron chi connectivity index (χ3n) is 4.17. The summed E-state index contributed by atoms with van der Waals surface area (Å²) in [4.78, 5) is 23.3. The molecule has 0 atom stereocenters. The molecule has 0 aliphatic carbocycles. The Bertz CT molecular complexity index is 846. The quantitative estimate of drug-likeness (QED) is 0.782. The largest absolute Gasteiger partial charge is 0.480 e. The fourth-order valence-electron chi connectivity index (χ4n) is 2.92. The number of nitrogens with zero attached hydrogens (tertiary/aromatic N) is 2. The molecule has 0 spiro atoms. The summed E-state index contributed by atoms with van der Waals surface area (Å²) >= 11 is 6.10. The number of aliphatic carboxylic acids is 1. The predicted molar refractivity (Wildman–Crippen MR) is 98.6 cm³/mol. The molecule has 1 amide bonds. The van der Waals surface area contributed by atoms with Crippen LogP contribution in [0.1, 0.15) is 35.1 Å². The number of benzene rings is 1. The number of ether oxygens (including phenoxy) is 2. The van der Waals surface area contributed by atoms with E-state index in [1.54, 1.807) is 16.8 Å². The van der Waals surface area contributed by atoms with E-state index in [9.17, 15) is 9.59 Å². The maximum Gasteiger partial charge on any atom is 0.341 e. The van der Waals surface area contributed by atoms with Crippen molar-refractivity contribution >= 4 is 29.2 Å². The molecule has 144 valence electrons. The monoisotopic (exact) mass is 393 g/mol. The number of halogens is 1. The summed E-state index contributed by atoms with van der Waals surface area (Å²) in [6.45, 7) is 2.66. The number of aromatic nitrogens is 2. The Labute approximate surface area is 161 Å². The molecule has 1 fully saturated rings. The van der Waals surface area contributed by atoms with Crippen LogP contribution in [0.25, 0.3) is 0 Å². The Hall–Kier alpha value is -2.58. The van der Waals surface area contributed by atoms with E-state index in [0.29, 0.717) is 24.6 Å². The third kappa shape index (κ3) is 4.78. The molecular formula is C18H20ClN3O5. The maximum atomic E-state index is 12.7. The number of rotatable bonds is 6. The molecule has 1 aliphatic rings. The summed E-state index contributed by atoms with van der Waals surface area (Å²) in [6.07, 6.45) is 1.62. The highest BCUT2D eigenvalue weighted by Gasteiger charge is 2.23. The van der Waals surface area contributed by atoms with Gasteiger partial charge < -0.3 is 19.9 Å². The highest BCUT2D eigenvalue weighted by molar-refractivity contribution is 6.32. The van der Waals surface area contributed by atoms with E-state index >= 15 is 0 Å². The average Bonchev–Trinajstić information content (AvgIpc) is 3.03. The van der Waals surface area contributed by atoms with Crippen LogP contribution in [0.3, 0.4) is 0 Å². The fraction of sp³-hybridized carbons (Fsp3) is 0.389. The molecule has 1 saturated heterocycles. The van der Waals surface area contributed by atoms with E-state index in [1.807, 2.05) is 6.92 Å². The SMILES string of the molecule is Cc1cc(C(=O)Nc2ccc(OCC(=O)O)c(Cl)c2)n(C2CCOCC2)n1. The summed E-state index contributed by atoms with van der Waals surface area (Å²) in [7, 11) is 0. The van der Waals surface area contributed by atoms with Crippen molar-refractivity contribution in [2.75, 3.05) is 25.1 Å². The minimum Gasteiger partial charge on any atom is -0.480 e. The van der Waals surface area contributed by atoms with E-state index in [4.69, 9.17) is 26.2 Å². The van der Waals surface area contributed by atoms with Crippen molar-refractivity contribution in [1.29, 1.82) is 0 Å². The standard InChI is InChI=1S/C18H20ClN3O5/c1-11-8-15(22(21-11)13-4-6-26-7-5-13)18(25)20-12-2-3-16(14(19)9-12)27-10-17(23)24/h2-3,8-9,13H,4-7,10H2,1H3,(H,20,25)(H,23,24). The molecule has 0 unspecified atom stereocenters. The van der Waals surface area contributed by atoms with Gasteiger partial charge in [0.15, 0.2) is 6.61 Å². The maximum absolute atomic E-state index is 12.7. The molecule has 1 aromatic heterocycles. The number of carboxylic acids is 1. The Morgan fingerprint density at radius 3 is 2.78 bits per heavy atom. The van der Waals surface area contributed by atoms with Crippen molar-refractivity contribution in [2.45, 2.75) is 25.8 Å². The van der Waals surface area contributed by atoms with Crippen LogP contribution in [-0.4, -0.2) is 46.6 Å². The minimum absolute atomic E-state index is 0.128. The van der Waals surface area contributed by atoms with Gasteiger partial charge in [-0.15, -0.1) is 0 Å². The number of hydrogen-bond donors (Lipinski definition) is 2. The molecule has 27 heavy (non-hydrogen) atoms. The van der Waals surface area contributed by atoms with Gasteiger partial charge in [0.2, 0.25) is 0 Å². The highest BCUT2D eigenvalue weighted by atomic mass is 35.5. The van der Waals surface area contributed by atoms with Crippen LogP contribution in [0.5, 0.6) is 5.75 Å². The fourth-order valence-corrected chi connectivity index (χ4v) is 3.16. The van der Waals surface area contributed by atoms with Gasteiger partial charge >= 0.3 is 5.97 Å². The highest BCUT2D eigenvalue weighted by Crippen LogP contribution is 2.28. The first kappa shape index (κ1) is 19.2. The number of carboxylic acid groups (broad SMARTS) is 1. The lowest BCUT2D eigenvalue weighted by molar-refractivity contribution is -0.139. The van der Waals surface area contributed by atoms with Crippen molar-refractivity contribution in [1.82, 2.24) is 9.78 Å². The Morgan fingerprint density at radius 2 is 2.11 bits per heavy atom. The summed E-state index contributed by atoms with van der Waals surface area (Å²) in [6, 6.07) is 6.50. The predicted octanol–water partition coefficient (Wildman–Crippen LogP) is 2.91. The van der Waals surface area contributed by atoms with Crippen LogP contribution in [0, 0.1) is 6.92 Å². The molecule has 0 saturated carbocycles. The smallest absolute Gasteiger partial charge is 0.341 e. The second kappa shape index (κ2) is 8.41. The van der Waals surface area contributed by atoms with Gasteiger partial charge in [-0.05, 0) is 44.0 Å². The Kier molecular flexibility index (Phi) is 5.98. The van der Waals surface area contributed by atoms with E-state index in [-0.39, 0.29) is 22.7 Å². The van der Waals surface area contributed by atoms with Crippen LogP contribution in [0.4, 0.5) is 5.69 Å². The van der Waals surface area contributed by atoms with Crippen molar-refractivity contribution in [3.05, 3.63) is 40.7 Å². The number of aryl methyl sites for hydroxylation is 1. The van der Waals surface area contributed by atoms with Crippen molar-refractivity contribution < 1.29 is 24.2 Å². The van der Waals surface area contributed by atoms with Crippen LogP contribution in [0.2, 0.25) is 5.02 Å². The summed E-state index contributed by atoms with van der Waals surface area (Å²) in [5.74, 6) is -1.15. The third-order valence-corrected chi connectivity index (χ3v) is 4.46. The molecule has 1 aromatic carbocycles. The molecule has 3 rings (SSSR count). The first-order chi connectivity index (χ1) is 12.9. The van der Waals surface area contributed by atoms with E-state index in [0.717, 1.165) is 18.5 Å². The summed E-state index contributed by atoms with van der Waals surface area (Å²) in [5, 5.41) is 16.1. The molecule has 1 aliphatic heterocycles. The molecule has 2 N–H and O–H groups in total. The Balaban J connectivity index is 1.74. The minimum atomic E-state index is -1.10. The molecule has 0 bridgehead atoms. The van der Waals surface area contributed by atoms with Gasteiger partial charge in [0.25, 0.3) is 5.91 Å².